The fourth-order valence-corrected chi connectivity index (χ4v) is 1.43. The smallest absolute Gasteiger partial charge is 0.0571 e. The van der Waals surface area contributed by atoms with Crippen LogP contribution in [0.5, 0.6) is 0 Å². The van der Waals surface area contributed by atoms with Crippen molar-refractivity contribution in [1.29, 1.82) is 0 Å². The lowest BCUT2D eigenvalue weighted by Crippen LogP contribution is -2.09. The second-order valence-corrected chi connectivity index (χ2v) is 3.50. The SMILES string of the molecule is CCCCC[C@@H](CCCC)OC. The summed E-state index contributed by atoms with van der Waals surface area (Å²) in [6.07, 6.45) is 9.62. The lowest BCUT2D eigenvalue weighted by Gasteiger charge is -2.13. The van der Waals surface area contributed by atoms with E-state index >= 15 is 0 Å². The summed E-state index contributed by atoms with van der Waals surface area (Å²) in [4.78, 5) is 0. The van der Waals surface area contributed by atoms with E-state index in [0.717, 1.165) is 0 Å². The number of methoxy groups -OCH3 is 1. The molecule has 1 atom stereocenters. The van der Waals surface area contributed by atoms with E-state index in [1.54, 1.807) is 0 Å². The van der Waals surface area contributed by atoms with Crippen LogP contribution in [0.1, 0.15) is 58.8 Å². The Morgan fingerprint density at radius 2 is 1.50 bits per heavy atom. The molecule has 0 bridgehead atoms. The predicted octanol–water partition coefficient (Wildman–Crippen LogP) is 3.77. The zero-order valence-corrected chi connectivity index (χ0v) is 8.94. The Balaban J connectivity index is 3.26. The summed E-state index contributed by atoms with van der Waals surface area (Å²) in [7, 11) is 1.84. The van der Waals surface area contributed by atoms with Gasteiger partial charge in [0.1, 0.15) is 0 Å². The van der Waals surface area contributed by atoms with Crippen LogP contribution in [0, 0.1) is 0 Å². The fourth-order valence-electron chi connectivity index (χ4n) is 1.43. The summed E-state index contributed by atoms with van der Waals surface area (Å²) in [6, 6.07) is 0. The largest absolute Gasteiger partial charge is 0.381 e. The predicted molar refractivity (Wildman–Crippen MR) is 54.5 cm³/mol. The number of hydrogen-bond acceptors (Lipinski definition) is 1. The van der Waals surface area contributed by atoms with Crippen LogP contribution in [0.15, 0.2) is 0 Å². The second-order valence-electron chi connectivity index (χ2n) is 3.50. The van der Waals surface area contributed by atoms with E-state index < -0.39 is 0 Å². The first-order valence-corrected chi connectivity index (χ1v) is 5.37. The quantitative estimate of drug-likeness (QED) is 0.506. The molecule has 0 fully saturated rings. The summed E-state index contributed by atoms with van der Waals surface area (Å²) >= 11 is 0. The molecule has 0 saturated carbocycles. The maximum Gasteiger partial charge on any atom is 0.0571 e. The molecule has 0 heterocycles. The van der Waals surface area contributed by atoms with Crippen molar-refractivity contribution in [2.45, 2.75) is 64.9 Å². The molecule has 1 nitrogen and oxygen atoms in total. The van der Waals surface area contributed by atoms with Crippen molar-refractivity contribution in [2.75, 3.05) is 7.11 Å². The summed E-state index contributed by atoms with van der Waals surface area (Å²) in [6.45, 7) is 4.48. The van der Waals surface area contributed by atoms with Crippen LogP contribution >= 0.6 is 0 Å². The molecule has 0 aromatic rings. The van der Waals surface area contributed by atoms with E-state index in [0.29, 0.717) is 6.10 Å². The minimum Gasteiger partial charge on any atom is -0.381 e. The average molecular weight is 172 g/mol. The van der Waals surface area contributed by atoms with Gasteiger partial charge in [-0.1, -0.05) is 46.0 Å². The zero-order valence-electron chi connectivity index (χ0n) is 8.94. The first-order valence-electron chi connectivity index (χ1n) is 5.37. The van der Waals surface area contributed by atoms with Crippen molar-refractivity contribution >= 4 is 0 Å². The third-order valence-corrected chi connectivity index (χ3v) is 2.34. The minimum atomic E-state index is 0.525. The van der Waals surface area contributed by atoms with E-state index in [4.69, 9.17) is 4.74 Å². The average Bonchev–Trinajstić information content (AvgIpc) is 2.11. The molecule has 0 aromatic heterocycles. The minimum absolute atomic E-state index is 0.525. The standard InChI is InChI=1S/C11H24O/c1-4-6-8-10-11(12-3)9-7-5-2/h11H,4-10H2,1-3H3/t11-/m1/s1. The Hall–Kier alpha value is -0.0400. The fraction of sp³-hybridized carbons (Fsp3) is 1.00. The van der Waals surface area contributed by atoms with Crippen molar-refractivity contribution in [2.24, 2.45) is 0 Å². The molecule has 0 aliphatic rings. The first kappa shape index (κ1) is 12.0. The van der Waals surface area contributed by atoms with Crippen molar-refractivity contribution in [3.05, 3.63) is 0 Å². The molecule has 0 radical (unpaired) electrons. The summed E-state index contributed by atoms with van der Waals surface area (Å²) < 4.78 is 5.40. The maximum atomic E-state index is 5.40. The summed E-state index contributed by atoms with van der Waals surface area (Å²) in [5.41, 5.74) is 0. The van der Waals surface area contributed by atoms with Gasteiger partial charge in [-0.15, -0.1) is 0 Å². The molecule has 0 aliphatic heterocycles. The van der Waals surface area contributed by atoms with Gasteiger partial charge in [0.15, 0.2) is 0 Å². The lowest BCUT2D eigenvalue weighted by atomic mass is 10.1. The van der Waals surface area contributed by atoms with E-state index in [1.807, 2.05) is 7.11 Å². The molecular weight excluding hydrogens is 148 g/mol. The van der Waals surface area contributed by atoms with Gasteiger partial charge in [0.2, 0.25) is 0 Å². The van der Waals surface area contributed by atoms with Crippen molar-refractivity contribution in [1.82, 2.24) is 0 Å². The molecule has 0 aromatic carbocycles. The Morgan fingerprint density at radius 1 is 0.917 bits per heavy atom. The van der Waals surface area contributed by atoms with Gasteiger partial charge in [-0.25, -0.2) is 0 Å². The number of rotatable bonds is 8. The van der Waals surface area contributed by atoms with E-state index in [1.165, 1.54) is 44.9 Å². The molecule has 0 amide bonds. The number of hydrogen-bond donors (Lipinski definition) is 0. The van der Waals surface area contributed by atoms with Gasteiger partial charge in [0.05, 0.1) is 6.10 Å². The van der Waals surface area contributed by atoms with E-state index in [-0.39, 0.29) is 0 Å². The number of unbranched alkanes of at least 4 members (excludes halogenated alkanes) is 3. The molecular formula is C11H24O. The van der Waals surface area contributed by atoms with Gasteiger partial charge in [-0.05, 0) is 12.8 Å². The molecule has 1 heteroatoms. The van der Waals surface area contributed by atoms with Crippen LogP contribution in [0.3, 0.4) is 0 Å². The Labute approximate surface area is 77.5 Å². The normalized spacial score (nSPS) is 13.2. The second kappa shape index (κ2) is 9.05. The topological polar surface area (TPSA) is 9.23 Å². The van der Waals surface area contributed by atoms with Crippen LogP contribution in [-0.4, -0.2) is 13.2 Å². The zero-order chi connectivity index (χ0) is 9.23. The van der Waals surface area contributed by atoms with Crippen molar-refractivity contribution < 1.29 is 4.74 Å². The first-order chi connectivity index (χ1) is 5.85. The van der Waals surface area contributed by atoms with Crippen molar-refractivity contribution in [3.8, 4) is 0 Å². The Kier molecular flexibility index (Phi) is 9.02. The molecule has 0 aliphatic carbocycles. The van der Waals surface area contributed by atoms with Gasteiger partial charge in [-0.2, -0.15) is 0 Å². The van der Waals surface area contributed by atoms with Crippen LogP contribution in [-0.2, 0) is 4.74 Å². The van der Waals surface area contributed by atoms with E-state index in [9.17, 15) is 0 Å². The third-order valence-electron chi connectivity index (χ3n) is 2.34. The van der Waals surface area contributed by atoms with Crippen LogP contribution in [0.2, 0.25) is 0 Å². The Bertz CT molecular complexity index is 81.1. The summed E-state index contributed by atoms with van der Waals surface area (Å²) in [5.74, 6) is 0. The highest BCUT2D eigenvalue weighted by Gasteiger charge is 2.04. The van der Waals surface area contributed by atoms with Gasteiger partial charge in [0, 0.05) is 7.11 Å². The monoisotopic (exact) mass is 172 g/mol. The van der Waals surface area contributed by atoms with Crippen LogP contribution in [0.25, 0.3) is 0 Å². The highest BCUT2D eigenvalue weighted by Crippen LogP contribution is 2.12. The van der Waals surface area contributed by atoms with Crippen LogP contribution in [0.4, 0.5) is 0 Å². The molecule has 0 rings (SSSR count). The molecule has 0 saturated heterocycles. The molecule has 74 valence electrons. The molecule has 0 N–H and O–H groups in total. The number of ether oxygens (including phenoxy) is 1. The van der Waals surface area contributed by atoms with Crippen LogP contribution < -0.4 is 0 Å². The highest BCUT2D eigenvalue weighted by molar-refractivity contribution is 4.57. The maximum absolute atomic E-state index is 5.40. The van der Waals surface area contributed by atoms with Gasteiger partial charge in [-0.3, -0.25) is 0 Å². The van der Waals surface area contributed by atoms with Gasteiger partial charge in [0.25, 0.3) is 0 Å². The lowest BCUT2D eigenvalue weighted by molar-refractivity contribution is 0.0838. The Morgan fingerprint density at radius 3 is 2.00 bits per heavy atom. The molecule has 0 unspecified atom stereocenters. The molecule has 0 spiro atoms. The van der Waals surface area contributed by atoms with Gasteiger partial charge < -0.3 is 4.74 Å². The summed E-state index contributed by atoms with van der Waals surface area (Å²) in [5, 5.41) is 0. The van der Waals surface area contributed by atoms with Gasteiger partial charge >= 0.3 is 0 Å². The highest BCUT2D eigenvalue weighted by atomic mass is 16.5. The molecule has 12 heavy (non-hydrogen) atoms. The third kappa shape index (κ3) is 6.66. The van der Waals surface area contributed by atoms with E-state index in [2.05, 4.69) is 13.8 Å². The van der Waals surface area contributed by atoms with Crippen molar-refractivity contribution in [3.63, 3.8) is 0 Å².